The predicted octanol–water partition coefficient (Wildman–Crippen LogP) is 2.84. The molecule has 1 amide bonds. The summed E-state index contributed by atoms with van der Waals surface area (Å²) in [4.78, 5) is 26.1. The molecule has 0 bridgehead atoms. The molecule has 1 N–H and O–H groups in total. The summed E-state index contributed by atoms with van der Waals surface area (Å²) in [5.74, 6) is 0.632. The van der Waals surface area contributed by atoms with Crippen molar-refractivity contribution in [3.05, 3.63) is 59.2 Å². The average Bonchev–Trinajstić information content (AvgIpc) is 2.75. The van der Waals surface area contributed by atoms with Crippen LogP contribution in [0.5, 0.6) is 11.5 Å². The maximum atomic E-state index is 12.2. The lowest BCUT2D eigenvalue weighted by atomic mass is 9.99. The number of hydrogen-bond acceptors (Lipinski definition) is 5. The van der Waals surface area contributed by atoms with Gasteiger partial charge in [0.05, 0.1) is 7.11 Å². The lowest BCUT2D eigenvalue weighted by Gasteiger charge is -2.33. The molecule has 1 aliphatic heterocycles. The molecular weight excluding hydrogens is 368 g/mol. The second-order valence-electron chi connectivity index (χ2n) is 7.35. The van der Waals surface area contributed by atoms with E-state index in [4.69, 9.17) is 9.47 Å². The lowest BCUT2D eigenvalue weighted by Crippen LogP contribution is -2.45. The average molecular weight is 396 g/mol. The van der Waals surface area contributed by atoms with Gasteiger partial charge in [-0.2, -0.15) is 0 Å². The van der Waals surface area contributed by atoms with Gasteiger partial charge in [-0.1, -0.05) is 24.3 Å². The summed E-state index contributed by atoms with van der Waals surface area (Å²) in [6.45, 7) is 5.97. The minimum atomic E-state index is -0.188. The van der Waals surface area contributed by atoms with Gasteiger partial charge < -0.3 is 14.8 Å². The Morgan fingerprint density at radius 3 is 2.62 bits per heavy atom. The molecule has 0 saturated heterocycles. The van der Waals surface area contributed by atoms with Crippen molar-refractivity contribution in [3.8, 4) is 11.5 Å². The molecule has 6 nitrogen and oxygen atoms in total. The van der Waals surface area contributed by atoms with Crippen LogP contribution >= 0.6 is 0 Å². The number of carbonyl (C=O) groups excluding carboxylic acids is 2. The van der Waals surface area contributed by atoms with Crippen LogP contribution in [-0.2, 0) is 17.8 Å². The molecule has 0 radical (unpaired) electrons. The number of methoxy groups -OCH3 is 1. The van der Waals surface area contributed by atoms with Crippen molar-refractivity contribution in [1.29, 1.82) is 0 Å². The van der Waals surface area contributed by atoms with E-state index in [2.05, 4.69) is 41.4 Å². The van der Waals surface area contributed by atoms with E-state index in [-0.39, 0.29) is 24.3 Å². The quantitative estimate of drug-likeness (QED) is 0.695. The third-order valence-electron chi connectivity index (χ3n) is 5.31. The van der Waals surface area contributed by atoms with Crippen molar-refractivity contribution >= 4 is 11.7 Å². The molecule has 0 spiro atoms. The largest absolute Gasteiger partial charge is 0.493 e. The van der Waals surface area contributed by atoms with Crippen LogP contribution in [0.4, 0.5) is 0 Å². The summed E-state index contributed by atoms with van der Waals surface area (Å²) in [5.41, 5.74) is 3.31. The van der Waals surface area contributed by atoms with E-state index in [9.17, 15) is 9.59 Å². The van der Waals surface area contributed by atoms with Gasteiger partial charge in [-0.05, 0) is 49.6 Å². The summed E-state index contributed by atoms with van der Waals surface area (Å²) >= 11 is 0. The first-order chi connectivity index (χ1) is 14.0. The number of hydrogen-bond donors (Lipinski definition) is 1. The van der Waals surface area contributed by atoms with Gasteiger partial charge in [-0.25, -0.2) is 0 Å². The molecule has 0 fully saturated rings. The van der Waals surface area contributed by atoms with Crippen LogP contribution in [0.1, 0.15) is 35.3 Å². The van der Waals surface area contributed by atoms with E-state index in [0.29, 0.717) is 23.6 Å². The second-order valence-corrected chi connectivity index (χ2v) is 7.35. The summed E-state index contributed by atoms with van der Waals surface area (Å²) < 4.78 is 10.8. The number of fused-ring (bicyclic) bond motifs is 1. The van der Waals surface area contributed by atoms with Crippen LogP contribution in [0.25, 0.3) is 0 Å². The highest BCUT2D eigenvalue weighted by molar-refractivity contribution is 5.94. The number of ether oxygens (including phenoxy) is 2. The van der Waals surface area contributed by atoms with Crippen LogP contribution < -0.4 is 14.8 Å². The van der Waals surface area contributed by atoms with Crippen LogP contribution in [-0.4, -0.2) is 49.4 Å². The molecule has 0 saturated carbocycles. The number of benzene rings is 2. The number of rotatable bonds is 8. The standard InChI is InChI=1S/C23H28N2O4/c1-16(25-11-10-18-6-4-5-7-20(18)14-25)13-24-23(27)15-29-21-9-8-19(17(2)26)12-22(21)28-3/h4-9,12,16H,10-11,13-15H2,1-3H3,(H,24,27)/t16-/m0/s1. The lowest BCUT2D eigenvalue weighted by molar-refractivity contribution is -0.123. The van der Waals surface area contributed by atoms with Crippen LogP contribution in [0.15, 0.2) is 42.5 Å². The minimum absolute atomic E-state index is 0.0538. The smallest absolute Gasteiger partial charge is 0.257 e. The fraction of sp³-hybridized carbons (Fsp3) is 0.391. The van der Waals surface area contributed by atoms with Gasteiger partial charge >= 0.3 is 0 Å². The van der Waals surface area contributed by atoms with Gasteiger partial charge in [0.1, 0.15) is 0 Å². The number of nitrogens with zero attached hydrogens (tertiary/aromatic N) is 1. The number of Topliss-reactive ketones (excluding diaryl/α,β-unsaturated/α-hetero) is 1. The first kappa shape index (κ1) is 20.9. The van der Waals surface area contributed by atoms with E-state index < -0.39 is 0 Å². The molecule has 0 aromatic heterocycles. The highest BCUT2D eigenvalue weighted by Gasteiger charge is 2.20. The van der Waals surface area contributed by atoms with Crippen molar-refractivity contribution < 1.29 is 19.1 Å². The Morgan fingerprint density at radius 1 is 1.14 bits per heavy atom. The molecule has 1 heterocycles. The molecule has 1 aliphatic rings. The first-order valence-electron chi connectivity index (χ1n) is 9.87. The van der Waals surface area contributed by atoms with E-state index >= 15 is 0 Å². The van der Waals surface area contributed by atoms with Crippen molar-refractivity contribution in [3.63, 3.8) is 0 Å². The van der Waals surface area contributed by atoms with E-state index in [1.165, 1.54) is 25.2 Å². The third kappa shape index (κ3) is 5.35. The van der Waals surface area contributed by atoms with Gasteiger partial charge in [-0.15, -0.1) is 0 Å². The summed E-state index contributed by atoms with van der Waals surface area (Å²) in [6.07, 6.45) is 1.04. The van der Waals surface area contributed by atoms with Crippen molar-refractivity contribution in [1.82, 2.24) is 10.2 Å². The zero-order valence-electron chi connectivity index (χ0n) is 17.2. The van der Waals surface area contributed by atoms with Crippen molar-refractivity contribution in [2.24, 2.45) is 0 Å². The molecule has 154 valence electrons. The maximum Gasteiger partial charge on any atom is 0.257 e. The summed E-state index contributed by atoms with van der Waals surface area (Å²) in [6, 6.07) is 13.7. The molecule has 29 heavy (non-hydrogen) atoms. The predicted molar refractivity (Wildman–Crippen MR) is 112 cm³/mol. The Kier molecular flexibility index (Phi) is 6.88. The Balaban J connectivity index is 1.47. The second kappa shape index (κ2) is 9.56. The van der Waals surface area contributed by atoms with Gasteiger partial charge in [0.2, 0.25) is 0 Å². The van der Waals surface area contributed by atoms with Crippen LogP contribution in [0.2, 0.25) is 0 Å². The Hall–Kier alpha value is -2.86. The van der Waals surface area contributed by atoms with Gasteiger partial charge in [0, 0.05) is 31.2 Å². The SMILES string of the molecule is COc1cc(C(C)=O)ccc1OCC(=O)NC[C@H](C)N1CCc2ccccc2C1. The van der Waals surface area contributed by atoms with E-state index in [0.717, 1.165) is 19.5 Å². The van der Waals surface area contributed by atoms with Gasteiger partial charge in [0.15, 0.2) is 23.9 Å². The molecule has 0 unspecified atom stereocenters. The molecule has 3 rings (SSSR count). The van der Waals surface area contributed by atoms with Crippen molar-refractivity contribution in [2.75, 3.05) is 26.8 Å². The Bertz CT molecular complexity index is 881. The van der Waals surface area contributed by atoms with E-state index in [1.807, 2.05) is 0 Å². The van der Waals surface area contributed by atoms with Crippen LogP contribution in [0.3, 0.4) is 0 Å². The zero-order valence-corrected chi connectivity index (χ0v) is 17.2. The normalized spacial score (nSPS) is 14.6. The molecule has 6 heteroatoms. The Morgan fingerprint density at radius 2 is 1.90 bits per heavy atom. The number of carbonyl (C=O) groups is 2. The first-order valence-corrected chi connectivity index (χ1v) is 9.87. The zero-order chi connectivity index (χ0) is 20.8. The molecular formula is C23H28N2O4. The number of ketones is 1. The summed E-state index contributed by atoms with van der Waals surface area (Å²) in [7, 11) is 1.50. The van der Waals surface area contributed by atoms with Gasteiger partial charge in [-0.3, -0.25) is 14.5 Å². The Labute approximate surface area is 171 Å². The monoisotopic (exact) mass is 396 g/mol. The molecule has 2 aromatic carbocycles. The highest BCUT2D eigenvalue weighted by atomic mass is 16.5. The topological polar surface area (TPSA) is 67.9 Å². The maximum absolute atomic E-state index is 12.2. The third-order valence-corrected chi connectivity index (χ3v) is 5.31. The van der Waals surface area contributed by atoms with Crippen LogP contribution in [0, 0.1) is 0 Å². The minimum Gasteiger partial charge on any atom is -0.493 e. The molecule has 0 aliphatic carbocycles. The van der Waals surface area contributed by atoms with Gasteiger partial charge in [0.25, 0.3) is 5.91 Å². The van der Waals surface area contributed by atoms with Crippen molar-refractivity contribution in [2.45, 2.75) is 32.9 Å². The fourth-order valence-electron chi connectivity index (χ4n) is 3.48. The molecule has 1 atom stereocenters. The molecule has 2 aromatic rings. The fourth-order valence-corrected chi connectivity index (χ4v) is 3.48. The number of nitrogens with one attached hydrogen (secondary N) is 1. The highest BCUT2D eigenvalue weighted by Crippen LogP contribution is 2.28. The summed E-state index contributed by atoms with van der Waals surface area (Å²) in [5, 5.41) is 2.94. The number of amides is 1. The van der Waals surface area contributed by atoms with E-state index in [1.54, 1.807) is 18.2 Å².